The Morgan fingerprint density at radius 3 is 2.57 bits per heavy atom. The maximum Gasteiger partial charge on any atom is 0.321 e. The average molecular weight is 195 g/mol. The Bertz CT molecular complexity index is 387. The van der Waals surface area contributed by atoms with Crippen LogP contribution in [0.3, 0.4) is 0 Å². The van der Waals surface area contributed by atoms with E-state index in [1.165, 1.54) is 13.2 Å². The van der Waals surface area contributed by atoms with Gasteiger partial charge in [0.05, 0.1) is 17.6 Å². The summed E-state index contributed by atoms with van der Waals surface area (Å²) in [6.07, 6.45) is 0.468. The summed E-state index contributed by atoms with van der Waals surface area (Å²) in [4.78, 5) is 20.7. The molecule has 0 aliphatic carbocycles. The first-order valence-electron chi connectivity index (χ1n) is 3.89. The normalized spacial score (nSPS) is 9.57. The molecule has 0 aliphatic rings. The Balaban J connectivity index is 3.51. The van der Waals surface area contributed by atoms with Crippen molar-refractivity contribution in [2.45, 2.75) is 6.92 Å². The van der Waals surface area contributed by atoms with Gasteiger partial charge < -0.3 is 4.74 Å². The molecule has 1 aromatic rings. The Morgan fingerprint density at radius 2 is 2.14 bits per heavy atom. The first-order chi connectivity index (χ1) is 6.61. The van der Waals surface area contributed by atoms with Crippen molar-refractivity contribution in [1.29, 1.82) is 0 Å². The van der Waals surface area contributed by atoms with Gasteiger partial charge in [-0.25, -0.2) is 0 Å². The number of methoxy groups -OCH3 is 1. The van der Waals surface area contributed by atoms with Gasteiger partial charge in [-0.1, -0.05) is 6.07 Å². The Morgan fingerprint density at radius 1 is 1.50 bits per heavy atom. The van der Waals surface area contributed by atoms with Crippen LogP contribution in [0.2, 0.25) is 0 Å². The average Bonchev–Trinajstić information content (AvgIpc) is 2.17. The van der Waals surface area contributed by atoms with Crippen molar-refractivity contribution in [2.75, 3.05) is 7.11 Å². The van der Waals surface area contributed by atoms with Crippen LogP contribution in [0, 0.1) is 17.0 Å². The fraction of sp³-hybridized carbons (Fsp3) is 0.222. The molecule has 74 valence electrons. The lowest BCUT2D eigenvalue weighted by molar-refractivity contribution is -0.386. The van der Waals surface area contributed by atoms with Crippen LogP contribution in [-0.2, 0) is 0 Å². The van der Waals surface area contributed by atoms with Crippen molar-refractivity contribution in [3.63, 3.8) is 0 Å². The molecule has 0 radical (unpaired) electrons. The fourth-order valence-electron chi connectivity index (χ4n) is 1.19. The summed E-state index contributed by atoms with van der Waals surface area (Å²) in [6.45, 7) is 1.64. The first-order valence-corrected chi connectivity index (χ1v) is 3.89. The molecular formula is C9H9NO4. The predicted octanol–water partition coefficient (Wildman–Crippen LogP) is 1.72. The fourth-order valence-corrected chi connectivity index (χ4v) is 1.19. The summed E-state index contributed by atoms with van der Waals surface area (Å²) in [5.41, 5.74) is 0.351. The highest BCUT2D eigenvalue weighted by Crippen LogP contribution is 2.31. The molecule has 5 heteroatoms. The summed E-state index contributed by atoms with van der Waals surface area (Å²) in [6, 6.07) is 3.08. The summed E-state index contributed by atoms with van der Waals surface area (Å²) >= 11 is 0. The number of aryl methyl sites for hydroxylation is 1. The van der Waals surface area contributed by atoms with Crippen molar-refractivity contribution in [3.8, 4) is 5.75 Å². The second kappa shape index (κ2) is 3.87. The van der Waals surface area contributed by atoms with Gasteiger partial charge >= 0.3 is 5.69 Å². The van der Waals surface area contributed by atoms with Crippen LogP contribution in [-0.4, -0.2) is 18.3 Å². The van der Waals surface area contributed by atoms with Gasteiger partial charge in [0.25, 0.3) is 0 Å². The molecule has 14 heavy (non-hydrogen) atoms. The number of hydrogen-bond donors (Lipinski definition) is 0. The molecule has 0 spiro atoms. The number of benzene rings is 1. The van der Waals surface area contributed by atoms with Crippen molar-refractivity contribution >= 4 is 12.0 Å². The third-order valence-corrected chi connectivity index (χ3v) is 1.92. The van der Waals surface area contributed by atoms with Crippen LogP contribution in [0.4, 0.5) is 5.69 Å². The molecule has 0 amide bonds. The molecule has 0 unspecified atom stereocenters. The minimum Gasteiger partial charge on any atom is -0.490 e. The van der Waals surface area contributed by atoms with E-state index in [4.69, 9.17) is 4.74 Å². The van der Waals surface area contributed by atoms with Crippen molar-refractivity contribution < 1.29 is 14.5 Å². The Kier molecular flexibility index (Phi) is 2.81. The SMILES string of the molecule is COc1ccc(C)c(C=O)c1[N+](=O)[O-]. The zero-order valence-electron chi connectivity index (χ0n) is 7.81. The molecule has 0 saturated carbocycles. The number of nitro groups is 1. The zero-order chi connectivity index (χ0) is 10.7. The van der Waals surface area contributed by atoms with Crippen LogP contribution < -0.4 is 4.74 Å². The maximum atomic E-state index is 10.7. The van der Waals surface area contributed by atoms with E-state index in [0.29, 0.717) is 11.8 Å². The topological polar surface area (TPSA) is 69.4 Å². The quantitative estimate of drug-likeness (QED) is 0.418. The van der Waals surface area contributed by atoms with Gasteiger partial charge in [-0.15, -0.1) is 0 Å². The molecular weight excluding hydrogens is 186 g/mol. The number of aldehydes is 1. The highest BCUT2D eigenvalue weighted by Gasteiger charge is 2.21. The van der Waals surface area contributed by atoms with E-state index in [1.807, 2.05) is 0 Å². The second-order valence-electron chi connectivity index (χ2n) is 2.72. The predicted molar refractivity (Wildman–Crippen MR) is 49.8 cm³/mol. The second-order valence-corrected chi connectivity index (χ2v) is 2.72. The van der Waals surface area contributed by atoms with Gasteiger partial charge in [-0.3, -0.25) is 14.9 Å². The highest BCUT2D eigenvalue weighted by molar-refractivity contribution is 5.85. The molecule has 0 aromatic heterocycles. The molecule has 1 rings (SSSR count). The number of ether oxygens (including phenoxy) is 1. The van der Waals surface area contributed by atoms with E-state index in [0.717, 1.165) is 0 Å². The molecule has 0 N–H and O–H groups in total. The monoisotopic (exact) mass is 195 g/mol. The first kappa shape index (κ1) is 10.2. The standard InChI is InChI=1S/C9H9NO4/c1-6-3-4-8(14-2)9(10(12)13)7(6)5-11/h3-5H,1-2H3. The molecule has 0 fully saturated rings. The van der Waals surface area contributed by atoms with Crippen LogP contribution in [0.1, 0.15) is 15.9 Å². The van der Waals surface area contributed by atoms with Gasteiger partial charge in [0.1, 0.15) is 0 Å². The minimum atomic E-state index is -0.616. The number of carbonyl (C=O) groups excluding carboxylic acids is 1. The number of carbonyl (C=O) groups is 1. The molecule has 0 bridgehead atoms. The number of nitrogens with zero attached hydrogens (tertiary/aromatic N) is 1. The van der Waals surface area contributed by atoms with Crippen molar-refractivity contribution in [3.05, 3.63) is 33.4 Å². The summed E-state index contributed by atoms with van der Waals surface area (Å²) in [5, 5.41) is 10.7. The molecule has 0 aliphatic heterocycles. The van der Waals surface area contributed by atoms with E-state index < -0.39 is 4.92 Å². The smallest absolute Gasteiger partial charge is 0.321 e. The van der Waals surface area contributed by atoms with E-state index in [1.54, 1.807) is 13.0 Å². The van der Waals surface area contributed by atoms with Crippen LogP contribution in [0.15, 0.2) is 12.1 Å². The minimum absolute atomic E-state index is 0.0642. The zero-order valence-corrected chi connectivity index (χ0v) is 7.81. The van der Waals surface area contributed by atoms with Crippen LogP contribution >= 0.6 is 0 Å². The van der Waals surface area contributed by atoms with E-state index in [9.17, 15) is 14.9 Å². The van der Waals surface area contributed by atoms with E-state index in [2.05, 4.69) is 0 Å². The molecule has 0 atom stereocenters. The maximum absolute atomic E-state index is 10.7. The summed E-state index contributed by atoms with van der Waals surface area (Å²) < 4.78 is 4.80. The number of hydrogen-bond acceptors (Lipinski definition) is 4. The Labute approximate surface area is 80.5 Å². The van der Waals surface area contributed by atoms with Crippen molar-refractivity contribution in [2.24, 2.45) is 0 Å². The van der Waals surface area contributed by atoms with Gasteiger partial charge in [0, 0.05) is 0 Å². The van der Waals surface area contributed by atoms with E-state index in [-0.39, 0.29) is 17.0 Å². The number of nitro benzene ring substituents is 1. The summed E-state index contributed by atoms with van der Waals surface area (Å²) in [5.74, 6) is 0.0997. The van der Waals surface area contributed by atoms with Crippen LogP contribution in [0.25, 0.3) is 0 Å². The molecule has 0 heterocycles. The molecule has 5 nitrogen and oxygen atoms in total. The van der Waals surface area contributed by atoms with Gasteiger partial charge in [0.15, 0.2) is 12.0 Å². The molecule has 0 saturated heterocycles. The van der Waals surface area contributed by atoms with Gasteiger partial charge in [-0.2, -0.15) is 0 Å². The molecule has 1 aromatic carbocycles. The lowest BCUT2D eigenvalue weighted by atomic mass is 10.1. The third-order valence-electron chi connectivity index (χ3n) is 1.92. The van der Waals surface area contributed by atoms with Gasteiger partial charge in [0.2, 0.25) is 0 Å². The lowest BCUT2D eigenvalue weighted by Crippen LogP contribution is -2.00. The lowest BCUT2D eigenvalue weighted by Gasteiger charge is -2.04. The van der Waals surface area contributed by atoms with Crippen LogP contribution in [0.5, 0.6) is 5.75 Å². The van der Waals surface area contributed by atoms with Crippen molar-refractivity contribution in [1.82, 2.24) is 0 Å². The summed E-state index contributed by atoms with van der Waals surface area (Å²) in [7, 11) is 1.33. The third kappa shape index (κ3) is 1.56. The Hall–Kier alpha value is -1.91. The largest absolute Gasteiger partial charge is 0.490 e. The number of rotatable bonds is 3. The highest BCUT2D eigenvalue weighted by atomic mass is 16.6. The van der Waals surface area contributed by atoms with E-state index >= 15 is 0 Å². The van der Waals surface area contributed by atoms with Gasteiger partial charge in [-0.05, 0) is 18.6 Å².